The van der Waals surface area contributed by atoms with Gasteiger partial charge in [-0.05, 0) is 26.3 Å². The minimum Gasteiger partial charge on any atom is -0.444 e. The highest BCUT2D eigenvalue weighted by Crippen LogP contribution is 2.42. The molecular weight excluding hydrogens is 562 g/mol. The Morgan fingerprint density at radius 2 is 1.69 bits per heavy atom. The zero-order chi connectivity index (χ0) is 31.7. The first-order valence-corrected chi connectivity index (χ1v) is 12.3. The number of carbonyl (C=O) groups excluding carboxylic acids is 5. The number of ether oxygens (including phenoxy) is 2. The predicted octanol–water partition coefficient (Wildman–Crippen LogP) is -1.86. The van der Waals surface area contributed by atoms with E-state index in [1.165, 1.54) is 28.8 Å². The molecule has 0 bridgehead atoms. The first-order chi connectivity index (χ1) is 19.5. The van der Waals surface area contributed by atoms with Crippen LogP contribution >= 0.6 is 0 Å². The minimum atomic E-state index is -3.27. The van der Waals surface area contributed by atoms with Crippen molar-refractivity contribution in [1.82, 2.24) is 14.9 Å². The summed E-state index contributed by atoms with van der Waals surface area (Å²) in [6.07, 6.45) is -5.51. The summed E-state index contributed by atoms with van der Waals surface area (Å²) < 4.78 is 12.5. The van der Waals surface area contributed by atoms with Gasteiger partial charge in [0.1, 0.15) is 18.2 Å². The molecule has 0 aliphatic carbocycles. The average Bonchev–Trinajstić information content (AvgIpc) is 3.29. The van der Waals surface area contributed by atoms with Crippen LogP contribution in [0.3, 0.4) is 0 Å². The molecule has 0 radical (unpaired) electrons. The first-order valence-electron chi connectivity index (χ1n) is 12.3. The van der Waals surface area contributed by atoms with Crippen molar-refractivity contribution in [3.8, 4) is 5.88 Å². The highest BCUT2D eigenvalue weighted by atomic mass is 16.7. The minimum absolute atomic E-state index is 0.0829. The number of non-ortho nitro benzene ring substituents is 1. The Morgan fingerprint density at radius 3 is 2.14 bits per heavy atom. The smallest absolute Gasteiger partial charge is 0.271 e. The number of benzene rings is 1. The lowest BCUT2D eigenvalue weighted by molar-refractivity contribution is -0.384. The van der Waals surface area contributed by atoms with Gasteiger partial charge in [0.2, 0.25) is 18.1 Å². The predicted molar refractivity (Wildman–Crippen MR) is 138 cm³/mol. The SMILES string of the molecule is CC(=O)N[C@@H]1[C@H](Oc2ncn(Cc3ccc([N+](=O)[O-])cc3)c2C(N)=O)O[C@H](C(O)C(C)=O)[C@](O)(C(C)=O)[C@@]1(O)C(C)=O. The van der Waals surface area contributed by atoms with Gasteiger partial charge in [0.05, 0.1) is 11.3 Å². The van der Waals surface area contributed by atoms with E-state index >= 15 is 0 Å². The summed E-state index contributed by atoms with van der Waals surface area (Å²) in [7, 11) is 0. The molecule has 42 heavy (non-hydrogen) atoms. The van der Waals surface area contributed by atoms with Gasteiger partial charge in [0, 0.05) is 25.6 Å². The van der Waals surface area contributed by atoms with E-state index in [1.54, 1.807) is 0 Å². The van der Waals surface area contributed by atoms with Gasteiger partial charge in [-0.1, -0.05) is 12.1 Å². The summed E-state index contributed by atoms with van der Waals surface area (Å²) in [4.78, 5) is 76.6. The fourth-order valence-electron chi connectivity index (χ4n) is 4.78. The third-order valence-corrected chi connectivity index (χ3v) is 6.90. The average molecular weight is 592 g/mol. The van der Waals surface area contributed by atoms with Crippen LogP contribution in [0.4, 0.5) is 5.69 Å². The maximum absolute atomic E-state index is 12.9. The number of nitrogens with zero attached hydrogens (tertiary/aromatic N) is 3. The standard InChI is InChI=1S/C25H29N5O12/c1-11(31)18(35)20-25(38,13(3)33)24(37,12(2)32)19(28-14(4)34)23(41-20)42-22-17(21(26)36)29(10-27-22)9-15-5-7-16(8-6-15)30(39)40/h5-8,10,18-20,23,35,37-38H,9H2,1-4H3,(H2,26,36)(H,28,34)/t18?,19-,20-,23+,24-,25-/m1/s1. The summed E-state index contributed by atoms with van der Waals surface area (Å²) >= 11 is 0. The fourth-order valence-corrected chi connectivity index (χ4v) is 4.78. The molecule has 1 aliphatic heterocycles. The van der Waals surface area contributed by atoms with Crippen molar-refractivity contribution >= 4 is 34.9 Å². The normalized spacial score (nSPS) is 26.1. The summed E-state index contributed by atoms with van der Waals surface area (Å²) in [5.74, 6) is -6.10. The molecule has 17 nitrogen and oxygen atoms in total. The second kappa shape index (κ2) is 11.7. The molecule has 0 saturated carbocycles. The van der Waals surface area contributed by atoms with Crippen LogP contribution in [0.1, 0.15) is 43.7 Å². The Balaban J connectivity index is 2.13. The maximum Gasteiger partial charge on any atom is 0.271 e. The number of nitro benzene ring substituents is 1. The van der Waals surface area contributed by atoms with Gasteiger partial charge in [-0.2, -0.15) is 0 Å². The first kappa shape index (κ1) is 31.9. The van der Waals surface area contributed by atoms with Crippen LogP contribution in [-0.4, -0.2) is 94.7 Å². The lowest BCUT2D eigenvalue weighted by Crippen LogP contribution is -2.84. The molecule has 17 heteroatoms. The molecule has 0 spiro atoms. The fraction of sp³-hybridized carbons (Fsp3) is 0.440. The number of nitrogens with two attached hydrogens (primary N) is 1. The zero-order valence-electron chi connectivity index (χ0n) is 22.8. The number of nitrogens with one attached hydrogen (secondary N) is 1. The number of aliphatic hydroxyl groups is 3. The van der Waals surface area contributed by atoms with Crippen molar-refractivity contribution < 1.29 is 53.7 Å². The summed E-state index contributed by atoms with van der Waals surface area (Å²) in [5.41, 5.74) is -1.03. The number of ketones is 3. The third kappa shape index (κ3) is 5.49. The lowest BCUT2D eigenvalue weighted by atomic mass is 9.66. The molecule has 1 aliphatic rings. The molecule has 2 amide bonds. The van der Waals surface area contributed by atoms with Gasteiger partial charge in [-0.3, -0.25) is 34.1 Å². The molecule has 1 unspecified atom stereocenters. The third-order valence-electron chi connectivity index (χ3n) is 6.90. The van der Waals surface area contributed by atoms with E-state index in [-0.39, 0.29) is 17.9 Å². The Hall–Kier alpha value is -4.58. The number of amides is 2. The van der Waals surface area contributed by atoms with E-state index in [1.807, 2.05) is 0 Å². The van der Waals surface area contributed by atoms with Crippen LogP contribution in [0.5, 0.6) is 5.88 Å². The van der Waals surface area contributed by atoms with Crippen molar-refractivity contribution in [3.63, 3.8) is 0 Å². The summed E-state index contributed by atoms with van der Waals surface area (Å²) in [6.45, 7) is 3.35. The van der Waals surface area contributed by atoms with Crippen LogP contribution in [0.2, 0.25) is 0 Å². The number of aliphatic hydroxyl groups excluding tert-OH is 1. The number of imidazole rings is 1. The van der Waals surface area contributed by atoms with E-state index in [0.29, 0.717) is 5.56 Å². The molecule has 2 aromatic rings. The monoisotopic (exact) mass is 591 g/mol. The van der Waals surface area contributed by atoms with Gasteiger partial charge in [0.15, 0.2) is 34.2 Å². The van der Waals surface area contributed by atoms with Gasteiger partial charge in [-0.25, -0.2) is 4.98 Å². The summed E-state index contributed by atoms with van der Waals surface area (Å²) in [6, 6.07) is 3.26. The Morgan fingerprint density at radius 1 is 1.12 bits per heavy atom. The molecule has 6 atom stereocenters. The highest BCUT2D eigenvalue weighted by Gasteiger charge is 2.72. The van der Waals surface area contributed by atoms with Crippen LogP contribution in [0, 0.1) is 10.1 Å². The molecule has 1 aromatic carbocycles. The summed E-state index contributed by atoms with van der Waals surface area (Å²) in [5, 5.41) is 46.8. The Labute approximate surface area is 237 Å². The maximum atomic E-state index is 12.9. The Kier molecular flexibility index (Phi) is 8.92. The van der Waals surface area contributed by atoms with Crippen molar-refractivity contribution in [1.29, 1.82) is 0 Å². The van der Waals surface area contributed by atoms with Crippen LogP contribution in [-0.2, 0) is 30.5 Å². The second-order valence-corrected chi connectivity index (χ2v) is 9.74. The zero-order valence-corrected chi connectivity index (χ0v) is 22.8. The number of primary amides is 1. The van der Waals surface area contributed by atoms with E-state index < -0.39 is 75.7 Å². The van der Waals surface area contributed by atoms with Gasteiger partial charge in [-0.15, -0.1) is 0 Å². The lowest BCUT2D eigenvalue weighted by Gasteiger charge is -2.54. The van der Waals surface area contributed by atoms with Crippen molar-refractivity contribution in [2.24, 2.45) is 5.73 Å². The van der Waals surface area contributed by atoms with Gasteiger partial charge in [0.25, 0.3) is 11.6 Å². The molecule has 1 saturated heterocycles. The number of carbonyl (C=O) groups is 5. The molecular formula is C25H29N5O12. The van der Waals surface area contributed by atoms with Gasteiger partial charge < -0.3 is 40.4 Å². The van der Waals surface area contributed by atoms with Crippen molar-refractivity contribution in [2.75, 3.05) is 0 Å². The van der Waals surface area contributed by atoms with Gasteiger partial charge >= 0.3 is 0 Å². The largest absolute Gasteiger partial charge is 0.444 e. The molecule has 2 heterocycles. The molecule has 1 aromatic heterocycles. The molecule has 1 fully saturated rings. The molecule has 3 rings (SSSR count). The number of aromatic nitrogens is 2. The van der Waals surface area contributed by atoms with Crippen molar-refractivity contribution in [3.05, 3.63) is 52.0 Å². The number of hydrogen-bond donors (Lipinski definition) is 5. The number of rotatable bonds is 11. The number of hydrogen-bond acceptors (Lipinski definition) is 13. The van der Waals surface area contributed by atoms with Crippen LogP contribution in [0.15, 0.2) is 30.6 Å². The van der Waals surface area contributed by atoms with Crippen molar-refractivity contribution in [2.45, 2.75) is 70.0 Å². The van der Waals surface area contributed by atoms with E-state index in [2.05, 4.69) is 10.3 Å². The molecule has 6 N–H and O–H groups in total. The second-order valence-electron chi connectivity index (χ2n) is 9.74. The number of Topliss-reactive ketones (excluding diaryl/α,β-unsaturated/α-hetero) is 3. The highest BCUT2D eigenvalue weighted by molar-refractivity contribution is 6.00. The number of nitro groups is 1. The Bertz CT molecular complexity index is 1440. The van der Waals surface area contributed by atoms with E-state index in [0.717, 1.165) is 34.0 Å². The topological polar surface area (TPSA) is 264 Å². The molecule has 226 valence electrons. The van der Waals surface area contributed by atoms with Crippen LogP contribution in [0.25, 0.3) is 0 Å². The van der Waals surface area contributed by atoms with E-state index in [4.69, 9.17) is 15.2 Å². The van der Waals surface area contributed by atoms with E-state index in [9.17, 15) is 49.4 Å². The van der Waals surface area contributed by atoms with Crippen LogP contribution < -0.4 is 15.8 Å². The quantitative estimate of drug-likeness (QED) is 0.142.